The van der Waals surface area contributed by atoms with Crippen LogP contribution in [0.1, 0.15) is 40.4 Å². The first-order valence-corrected chi connectivity index (χ1v) is 10.00. The molecule has 1 amide bonds. The Kier molecular flexibility index (Phi) is 5.23. The molecule has 1 fully saturated rings. The van der Waals surface area contributed by atoms with Crippen LogP contribution in [0.25, 0.3) is 0 Å². The minimum atomic E-state index is 0.0257. The lowest BCUT2D eigenvalue weighted by molar-refractivity contribution is -0.122. The molecule has 3 aromatic rings. The van der Waals surface area contributed by atoms with E-state index in [-0.39, 0.29) is 17.7 Å². The summed E-state index contributed by atoms with van der Waals surface area (Å²) >= 11 is 6.26. The molecule has 0 spiro atoms. The molecule has 0 bridgehead atoms. The van der Waals surface area contributed by atoms with Gasteiger partial charge in [-0.15, -0.1) is 0 Å². The monoisotopic (exact) mass is 393 g/mol. The van der Waals surface area contributed by atoms with Crippen molar-refractivity contribution in [3.05, 3.63) is 87.7 Å². The number of nitrogens with one attached hydrogen (secondary N) is 1. The Bertz CT molecular complexity index is 1010. The molecule has 1 aliphatic rings. The highest BCUT2D eigenvalue weighted by Crippen LogP contribution is 2.49. The van der Waals surface area contributed by atoms with Gasteiger partial charge in [0.1, 0.15) is 0 Å². The van der Waals surface area contributed by atoms with Crippen molar-refractivity contribution in [1.82, 2.24) is 15.1 Å². The highest BCUT2D eigenvalue weighted by atomic mass is 35.5. The summed E-state index contributed by atoms with van der Waals surface area (Å²) in [5.41, 5.74) is 5.53. The van der Waals surface area contributed by atoms with Crippen molar-refractivity contribution in [2.24, 2.45) is 5.92 Å². The molecule has 5 heteroatoms. The maximum atomic E-state index is 12.5. The molecule has 1 aromatic heterocycles. The molecule has 2 atom stereocenters. The molecular formula is C23H24ClN3O. The van der Waals surface area contributed by atoms with Gasteiger partial charge in [0.2, 0.25) is 5.91 Å². The van der Waals surface area contributed by atoms with Crippen LogP contribution in [0.5, 0.6) is 0 Å². The minimum Gasteiger partial charge on any atom is -0.352 e. The Morgan fingerprint density at radius 2 is 1.93 bits per heavy atom. The summed E-state index contributed by atoms with van der Waals surface area (Å²) in [6.07, 6.45) is 0.869. The van der Waals surface area contributed by atoms with Crippen molar-refractivity contribution in [3.63, 3.8) is 0 Å². The third-order valence-electron chi connectivity index (χ3n) is 5.33. The number of aromatic nitrogens is 2. The van der Waals surface area contributed by atoms with Gasteiger partial charge in [-0.2, -0.15) is 5.10 Å². The summed E-state index contributed by atoms with van der Waals surface area (Å²) < 4.78 is 2.01. The van der Waals surface area contributed by atoms with E-state index in [1.807, 2.05) is 48.0 Å². The minimum absolute atomic E-state index is 0.0257. The highest BCUT2D eigenvalue weighted by molar-refractivity contribution is 6.31. The van der Waals surface area contributed by atoms with E-state index < -0.39 is 0 Å². The molecule has 0 saturated heterocycles. The highest BCUT2D eigenvalue weighted by Gasteiger charge is 2.44. The van der Waals surface area contributed by atoms with E-state index in [4.69, 9.17) is 11.6 Å². The van der Waals surface area contributed by atoms with E-state index in [1.54, 1.807) is 0 Å². The fourth-order valence-electron chi connectivity index (χ4n) is 3.77. The van der Waals surface area contributed by atoms with E-state index in [0.717, 1.165) is 40.5 Å². The molecule has 144 valence electrons. The predicted molar refractivity (Wildman–Crippen MR) is 111 cm³/mol. The zero-order valence-corrected chi connectivity index (χ0v) is 16.9. The first-order valence-electron chi connectivity index (χ1n) is 9.62. The summed E-state index contributed by atoms with van der Waals surface area (Å²) in [5.74, 6) is 0.373. The van der Waals surface area contributed by atoms with Gasteiger partial charge in [-0.1, -0.05) is 54.1 Å². The van der Waals surface area contributed by atoms with Crippen molar-refractivity contribution in [3.8, 4) is 0 Å². The van der Waals surface area contributed by atoms with Gasteiger partial charge in [0.25, 0.3) is 0 Å². The van der Waals surface area contributed by atoms with Gasteiger partial charge in [0.15, 0.2) is 0 Å². The van der Waals surface area contributed by atoms with Crippen LogP contribution in [0.2, 0.25) is 5.02 Å². The van der Waals surface area contributed by atoms with Crippen molar-refractivity contribution < 1.29 is 4.79 Å². The second-order valence-corrected chi connectivity index (χ2v) is 8.00. The zero-order chi connectivity index (χ0) is 19.7. The number of hydrogen-bond acceptors (Lipinski definition) is 2. The molecule has 2 unspecified atom stereocenters. The zero-order valence-electron chi connectivity index (χ0n) is 16.2. The van der Waals surface area contributed by atoms with Crippen LogP contribution < -0.4 is 5.32 Å². The molecule has 0 aliphatic heterocycles. The van der Waals surface area contributed by atoms with E-state index in [2.05, 4.69) is 35.5 Å². The summed E-state index contributed by atoms with van der Waals surface area (Å²) in [7, 11) is 0. The lowest BCUT2D eigenvalue weighted by atomic mass is 10.1. The average Bonchev–Trinajstić information content (AvgIpc) is 3.40. The Hall–Kier alpha value is -2.59. The second-order valence-electron chi connectivity index (χ2n) is 7.59. The van der Waals surface area contributed by atoms with Gasteiger partial charge < -0.3 is 5.32 Å². The van der Waals surface area contributed by atoms with Crippen LogP contribution in [0.3, 0.4) is 0 Å². The topological polar surface area (TPSA) is 46.9 Å². The Balaban J connectivity index is 1.35. The van der Waals surface area contributed by atoms with Crippen LogP contribution in [0, 0.1) is 19.8 Å². The normalized spacial score (nSPS) is 18.1. The molecule has 4 nitrogen and oxygen atoms in total. The maximum absolute atomic E-state index is 12.5. The summed E-state index contributed by atoms with van der Waals surface area (Å²) in [5, 5.41) is 8.35. The first-order chi connectivity index (χ1) is 13.5. The molecule has 4 rings (SSSR count). The first kappa shape index (κ1) is 18.8. The fraction of sp³-hybridized carbons (Fsp3) is 0.304. The Labute approximate surface area is 170 Å². The molecule has 28 heavy (non-hydrogen) atoms. The number of aryl methyl sites for hydroxylation is 2. The van der Waals surface area contributed by atoms with Gasteiger partial charge in [-0.3, -0.25) is 9.48 Å². The van der Waals surface area contributed by atoms with E-state index in [1.165, 1.54) is 5.56 Å². The number of carbonyl (C=O) groups is 1. The predicted octanol–water partition coefficient (Wildman–Crippen LogP) is 4.62. The summed E-state index contributed by atoms with van der Waals surface area (Å²) in [4.78, 5) is 12.5. The van der Waals surface area contributed by atoms with Crippen LogP contribution in [0.4, 0.5) is 0 Å². The standard InChI is InChI=1S/C23H24ClN3O/c1-15-10-16(2)27(26-15)14-18-7-5-6-17(11-18)13-25-23(28)21-12-20(21)19-8-3-4-9-22(19)24/h3-11,20-21H,12-14H2,1-2H3,(H,25,28). The van der Waals surface area contributed by atoms with Gasteiger partial charge in [0.05, 0.1) is 12.2 Å². The SMILES string of the molecule is Cc1cc(C)n(Cc2cccc(CNC(=O)C3CC3c3ccccc3Cl)c2)n1. The second kappa shape index (κ2) is 7.80. The molecule has 1 heterocycles. The third-order valence-corrected chi connectivity index (χ3v) is 5.67. The Morgan fingerprint density at radius 1 is 1.14 bits per heavy atom. The number of carbonyl (C=O) groups excluding carboxylic acids is 1. The fourth-order valence-corrected chi connectivity index (χ4v) is 4.05. The van der Waals surface area contributed by atoms with Gasteiger partial charge >= 0.3 is 0 Å². The van der Waals surface area contributed by atoms with E-state index >= 15 is 0 Å². The molecule has 1 N–H and O–H groups in total. The van der Waals surface area contributed by atoms with Gasteiger partial charge in [0, 0.05) is 23.2 Å². The molecular weight excluding hydrogens is 370 g/mol. The van der Waals surface area contributed by atoms with E-state index in [0.29, 0.717) is 6.54 Å². The third kappa shape index (κ3) is 4.12. The van der Waals surface area contributed by atoms with Crippen LogP contribution in [0.15, 0.2) is 54.6 Å². The van der Waals surface area contributed by atoms with Crippen LogP contribution in [-0.4, -0.2) is 15.7 Å². The van der Waals surface area contributed by atoms with Crippen molar-refractivity contribution in [1.29, 1.82) is 0 Å². The maximum Gasteiger partial charge on any atom is 0.224 e. The van der Waals surface area contributed by atoms with Crippen LogP contribution >= 0.6 is 11.6 Å². The Morgan fingerprint density at radius 3 is 2.68 bits per heavy atom. The molecule has 1 aliphatic carbocycles. The van der Waals surface area contributed by atoms with Gasteiger partial charge in [-0.05, 0) is 55.0 Å². The van der Waals surface area contributed by atoms with Crippen molar-refractivity contribution >= 4 is 17.5 Å². The largest absolute Gasteiger partial charge is 0.352 e. The van der Waals surface area contributed by atoms with E-state index in [9.17, 15) is 4.79 Å². The molecule has 0 radical (unpaired) electrons. The number of amides is 1. The van der Waals surface area contributed by atoms with Crippen molar-refractivity contribution in [2.75, 3.05) is 0 Å². The summed E-state index contributed by atoms with van der Waals surface area (Å²) in [6.45, 7) is 5.34. The number of halogens is 1. The number of nitrogens with zero attached hydrogens (tertiary/aromatic N) is 2. The smallest absolute Gasteiger partial charge is 0.224 e. The lowest BCUT2D eigenvalue weighted by Crippen LogP contribution is -2.25. The summed E-state index contributed by atoms with van der Waals surface area (Å²) in [6, 6.07) is 18.2. The molecule has 1 saturated carbocycles. The number of hydrogen-bond donors (Lipinski definition) is 1. The number of benzene rings is 2. The quantitative estimate of drug-likeness (QED) is 0.664. The van der Waals surface area contributed by atoms with Gasteiger partial charge in [-0.25, -0.2) is 0 Å². The van der Waals surface area contributed by atoms with Crippen molar-refractivity contribution in [2.45, 2.75) is 39.3 Å². The lowest BCUT2D eigenvalue weighted by Gasteiger charge is -2.09. The average molecular weight is 394 g/mol. The number of rotatable bonds is 6. The molecule has 2 aromatic carbocycles. The van der Waals surface area contributed by atoms with Crippen LogP contribution in [-0.2, 0) is 17.9 Å².